The monoisotopic (exact) mass is 327 g/mol. The first kappa shape index (κ1) is 14.9. The lowest BCUT2D eigenvalue weighted by Crippen LogP contribution is -3.00. The molecule has 0 saturated carbocycles. The van der Waals surface area contributed by atoms with Gasteiger partial charge in [-0.15, -0.1) is 0 Å². The van der Waals surface area contributed by atoms with Gasteiger partial charge < -0.3 is 22.1 Å². The third-order valence-electron chi connectivity index (χ3n) is 2.78. The molecule has 0 amide bonds. The molecule has 0 bridgehead atoms. The fourth-order valence-corrected chi connectivity index (χ4v) is 2.40. The average Bonchev–Trinajstić information content (AvgIpc) is 2.61. The number of phenols is 1. The Hall–Kier alpha value is -1.20. The number of phenolic OH excluding ortho intramolecular Hbond substituents is 1. The molecule has 2 aromatic rings. The van der Waals surface area contributed by atoms with Crippen LogP contribution in [0, 0.1) is 13.8 Å². The number of nitrogens with zero attached hydrogens (tertiary/aromatic N) is 1. The van der Waals surface area contributed by atoms with Gasteiger partial charge >= 0.3 is 0 Å². The minimum Gasteiger partial charge on any atom is -1.00 e. The van der Waals surface area contributed by atoms with Gasteiger partial charge in [0.1, 0.15) is 5.75 Å². The summed E-state index contributed by atoms with van der Waals surface area (Å²) in [7, 11) is 0. The van der Waals surface area contributed by atoms with E-state index in [0.29, 0.717) is 12.1 Å². The van der Waals surface area contributed by atoms with E-state index < -0.39 is 0 Å². The van der Waals surface area contributed by atoms with Crippen LogP contribution in [0.4, 0.5) is 0 Å². The molecule has 1 heterocycles. The molecule has 96 valence electrons. The molecule has 0 spiro atoms. The topological polar surface area (TPSA) is 41.2 Å². The average molecular weight is 328 g/mol. The molecule has 1 N–H and O–H groups in total. The Balaban J connectivity index is 0.00000162. The summed E-state index contributed by atoms with van der Waals surface area (Å²) in [6.07, 6.45) is 0. The highest BCUT2D eigenvalue weighted by molar-refractivity contribution is 7.09. The molecular weight excluding hydrogens is 314 g/mol. The van der Waals surface area contributed by atoms with Gasteiger partial charge in [0.2, 0.25) is 17.8 Å². The van der Waals surface area contributed by atoms with E-state index in [-0.39, 0.29) is 28.5 Å². The van der Waals surface area contributed by atoms with E-state index in [9.17, 15) is 9.90 Å². The van der Waals surface area contributed by atoms with Crippen molar-refractivity contribution >= 4 is 17.1 Å². The van der Waals surface area contributed by atoms with E-state index >= 15 is 0 Å². The summed E-state index contributed by atoms with van der Waals surface area (Å²) in [6, 6.07) is 6.46. The van der Waals surface area contributed by atoms with Gasteiger partial charge in [0, 0.05) is 12.5 Å². The zero-order valence-electron chi connectivity index (χ0n) is 10.2. The molecule has 0 aliphatic carbocycles. The third kappa shape index (κ3) is 3.17. The van der Waals surface area contributed by atoms with E-state index in [0.717, 1.165) is 5.69 Å². The number of benzene rings is 1. The van der Waals surface area contributed by atoms with Crippen LogP contribution in [-0.2, 0) is 6.54 Å². The van der Waals surface area contributed by atoms with Gasteiger partial charge in [0.05, 0.1) is 4.88 Å². The first-order chi connectivity index (χ1) is 8.08. The van der Waals surface area contributed by atoms with Gasteiger partial charge in [-0.2, -0.15) is 4.57 Å². The van der Waals surface area contributed by atoms with Crippen LogP contribution in [0.3, 0.4) is 0 Å². The zero-order chi connectivity index (χ0) is 12.4. The van der Waals surface area contributed by atoms with Crippen molar-refractivity contribution in [1.82, 2.24) is 0 Å². The lowest BCUT2D eigenvalue weighted by molar-refractivity contribution is -0.684. The molecule has 0 atom stereocenters. The second-order valence-electron chi connectivity index (χ2n) is 3.97. The van der Waals surface area contributed by atoms with Gasteiger partial charge in [-0.05, 0) is 19.1 Å². The molecule has 0 fully saturated rings. The second-order valence-corrected chi connectivity index (χ2v) is 5.03. The van der Waals surface area contributed by atoms with Crippen LogP contribution in [0.5, 0.6) is 5.75 Å². The van der Waals surface area contributed by atoms with E-state index in [1.165, 1.54) is 10.9 Å². The van der Waals surface area contributed by atoms with Crippen molar-refractivity contribution in [2.45, 2.75) is 20.4 Å². The molecule has 0 aliphatic rings. The molecule has 5 heteroatoms. The minimum atomic E-state index is 0. The van der Waals surface area contributed by atoms with Gasteiger partial charge in [0.15, 0.2) is 5.69 Å². The van der Waals surface area contributed by atoms with Gasteiger partial charge in [-0.3, -0.25) is 4.79 Å². The van der Waals surface area contributed by atoms with Gasteiger partial charge in [-0.25, -0.2) is 0 Å². The maximum absolute atomic E-state index is 12.0. The molecule has 1 aromatic heterocycles. The smallest absolute Gasteiger partial charge is 0.227 e. The predicted octanol–water partition coefficient (Wildman–Crippen LogP) is -0.755. The molecular formula is C13H14BrNO2S. The van der Waals surface area contributed by atoms with Crippen molar-refractivity contribution in [1.29, 1.82) is 0 Å². The maximum atomic E-state index is 12.0. The number of ketones is 1. The molecule has 3 nitrogen and oxygen atoms in total. The SMILES string of the molecule is Cc1sc[n+](CC(=O)c2cccc(O)c2)c1C.[Br-]. The summed E-state index contributed by atoms with van der Waals surface area (Å²) in [5.41, 5.74) is 3.61. The number of thiazole rings is 1. The first-order valence-electron chi connectivity index (χ1n) is 5.34. The number of carbonyl (C=O) groups is 1. The number of hydrogen-bond acceptors (Lipinski definition) is 3. The van der Waals surface area contributed by atoms with Crippen molar-refractivity contribution in [3.8, 4) is 5.75 Å². The molecule has 18 heavy (non-hydrogen) atoms. The summed E-state index contributed by atoms with van der Waals surface area (Å²) < 4.78 is 1.94. The van der Waals surface area contributed by atoms with Crippen LogP contribution in [0.15, 0.2) is 29.8 Å². The van der Waals surface area contributed by atoms with Crippen molar-refractivity contribution in [2.75, 3.05) is 0 Å². The summed E-state index contributed by atoms with van der Waals surface area (Å²) in [5, 5.41) is 9.33. The molecule has 1 aromatic carbocycles. The molecule has 0 saturated heterocycles. The van der Waals surface area contributed by atoms with Crippen molar-refractivity contribution < 1.29 is 31.4 Å². The van der Waals surface area contributed by atoms with Crippen LogP contribution >= 0.6 is 11.3 Å². The number of aromatic nitrogens is 1. The summed E-state index contributed by atoms with van der Waals surface area (Å²) >= 11 is 1.63. The van der Waals surface area contributed by atoms with Crippen LogP contribution in [0.25, 0.3) is 0 Å². The van der Waals surface area contributed by atoms with Crippen LogP contribution in [0.1, 0.15) is 20.9 Å². The van der Waals surface area contributed by atoms with Crippen LogP contribution in [-0.4, -0.2) is 10.9 Å². The molecule has 2 rings (SSSR count). The van der Waals surface area contributed by atoms with Gasteiger partial charge in [0.25, 0.3) is 0 Å². The van der Waals surface area contributed by atoms with Crippen molar-refractivity contribution in [3.63, 3.8) is 0 Å². The maximum Gasteiger partial charge on any atom is 0.227 e. The van der Waals surface area contributed by atoms with Crippen molar-refractivity contribution in [2.24, 2.45) is 0 Å². The quantitative estimate of drug-likeness (QED) is 0.595. The Bertz CT molecular complexity index is 566. The summed E-state index contributed by atoms with van der Waals surface area (Å²) in [4.78, 5) is 13.2. The van der Waals surface area contributed by atoms with E-state index in [4.69, 9.17) is 0 Å². The Morgan fingerprint density at radius 1 is 1.39 bits per heavy atom. The number of hydrogen-bond donors (Lipinski definition) is 1. The summed E-state index contributed by atoms with van der Waals surface area (Å²) in [6.45, 7) is 4.36. The number of carbonyl (C=O) groups excluding carboxylic acids is 1. The minimum absolute atomic E-state index is 0. The Kier molecular flexibility index (Phi) is 5.04. The predicted molar refractivity (Wildman–Crippen MR) is 66.4 cm³/mol. The van der Waals surface area contributed by atoms with Crippen molar-refractivity contribution in [3.05, 3.63) is 45.9 Å². The highest BCUT2D eigenvalue weighted by atomic mass is 79.9. The Labute approximate surface area is 120 Å². The Morgan fingerprint density at radius 2 is 2.11 bits per heavy atom. The van der Waals surface area contributed by atoms with E-state index in [2.05, 4.69) is 0 Å². The second kappa shape index (κ2) is 6.11. The lowest BCUT2D eigenvalue weighted by Gasteiger charge is -1.98. The molecule has 0 aliphatic heterocycles. The molecule has 0 unspecified atom stereocenters. The highest BCUT2D eigenvalue weighted by Gasteiger charge is 2.17. The largest absolute Gasteiger partial charge is 1.00 e. The normalized spacial score (nSPS) is 9.89. The number of aromatic hydroxyl groups is 1. The number of aryl methyl sites for hydroxylation is 1. The number of halogens is 1. The lowest BCUT2D eigenvalue weighted by atomic mass is 10.1. The Morgan fingerprint density at radius 3 is 2.67 bits per heavy atom. The number of Topliss-reactive ketones (excluding diaryl/α,β-unsaturated/α-hetero) is 1. The molecule has 0 radical (unpaired) electrons. The zero-order valence-corrected chi connectivity index (χ0v) is 12.6. The van der Waals surface area contributed by atoms with E-state index in [1.54, 1.807) is 29.5 Å². The van der Waals surface area contributed by atoms with Crippen LogP contribution < -0.4 is 21.5 Å². The van der Waals surface area contributed by atoms with Crippen LogP contribution in [0.2, 0.25) is 0 Å². The first-order valence-corrected chi connectivity index (χ1v) is 6.22. The fourth-order valence-electron chi connectivity index (χ4n) is 1.59. The van der Waals surface area contributed by atoms with Gasteiger partial charge in [-0.1, -0.05) is 23.5 Å². The highest BCUT2D eigenvalue weighted by Crippen LogP contribution is 2.12. The standard InChI is InChI=1S/C13H13NO2S.BrH/c1-9-10(2)17-8-14(9)7-13(16)11-4-3-5-12(15)6-11;/h3-6,8H,7H2,1-2H3;1H. The number of rotatable bonds is 3. The third-order valence-corrected chi connectivity index (χ3v) is 3.79. The summed E-state index contributed by atoms with van der Waals surface area (Å²) in [5.74, 6) is 0.130. The van der Waals surface area contributed by atoms with E-state index in [1.807, 2.05) is 23.9 Å². The fraction of sp³-hybridized carbons (Fsp3) is 0.231.